The van der Waals surface area contributed by atoms with Gasteiger partial charge in [-0.1, -0.05) is 6.07 Å². The number of aryl methyl sites for hydroxylation is 1. The highest BCUT2D eigenvalue weighted by Gasteiger charge is 2.25. The lowest BCUT2D eigenvalue weighted by Crippen LogP contribution is -2.22. The third-order valence-corrected chi connectivity index (χ3v) is 4.77. The first-order valence-electron chi connectivity index (χ1n) is 8.70. The van der Waals surface area contributed by atoms with E-state index in [4.69, 9.17) is 5.73 Å². The fourth-order valence-corrected chi connectivity index (χ4v) is 3.42. The van der Waals surface area contributed by atoms with E-state index in [2.05, 4.69) is 14.5 Å². The number of primary amides is 1. The van der Waals surface area contributed by atoms with Crippen LogP contribution < -0.4 is 5.73 Å². The van der Waals surface area contributed by atoms with Crippen LogP contribution in [0.15, 0.2) is 18.2 Å². The Balaban J connectivity index is 2.10. The van der Waals surface area contributed by atoms with Gasteiger partial charge in [-0.25, -0.2) is 4.98 Å². The predicted molar refractivity (Wildman–Crippen MR) is 99.9 cm³/mol. The molecule has 26 heavy (non-hydrogen) atoms. The smallest absolute Gasteiger partial charge is 0.269 e. The van der Waals surface area contributed by atoms with Gasteiger partial charge in [0.25, 0.3) is 11.8 Å². The number of aromatic nitrogens is 2. The molecule has 1 aliphatic rings. The molecule has 2 aromatic rings. The van der Waals surface area contributed by atoms with Crippen LogP contribution in [0.4, 0.5) is 0 Å². The largest absolute Gasteiger partial charge is 0.364 e. The summed E-state index contributed by atoms with van der Waals surface area (Å²) in [6, 6.07) is 5.66. The van der Waals surface area contributed by atoms with Crippen LogP contribution in [0, 0.1) is 6.92 Å². The fraction of sp³-hybridized carbons (Fsp3) is 0.421. The number of fused-ring (bicyclic) bond motifs is 1. The average Bonchev–Trinajstić information content (AvgIpc) is 2.81. The van der Waals surface area contributed by atoms with E-state index in [9.17, 15) is 9.59 Å². The minimum Gasteiger partial charge on any atom is -0.364 e. The van der Waals surface area contributed by atoms with E-state index in [0.717, 1.165) is 42.2 Å². The Bertz CT molecular complexity index is 869. The Labute approximate surface area is 153 Å². The van der Waals surface area contributed by atoms with Crippen LogP contribution in [0.5, 0.6) is 0 Å². The molecule has 7 heteroatoms. The summed E-state index contributed by atoms with van der Waals surface area (Å²) in [5, 5.41) is 0. The van der Waals surface area contributed by atoms with Crippen molar-refractivity contribution < 1.29 is 9.59 Å². The molecule has 138 valence electrons. The molecule has 0 saturated heterocycles. The second-order valence-electron chi connectivity index (χ2n) is 7.07. The third-order valence-electron chi connectivity index (χ3n) is 4.77. The molecule has 0 atom stereocenters. The summed E-state index contributed by atoms with van der Waals surface area (Å²) >= 11 is 0. The zero-order chi connectivity index (χ0) is 19.0. The summed E-state index contributed by atoms with van der Waals surface area (Å²) in [4.78, 5) is 32.4. The molecule has 0 unspecified atom stereocenters. The third kappa shape index (κ3) is 3.22. The molecule has 2 N–H and O–H groups in total. The number of hydrogen-bond donors (Lipinski definition) is 1. The molecule has 2 amide bonds. The lowest BCUT2D eigenvalue weighted by atomic mass is 10.0. The van der Waals surface area contributed by atoms with Gasteiger partial charge < -0.3 is 20.1 Å². The van der Waals surface area contributed by atoms with Crippen LogP contribution in [0.3, 0.4) is 0 Å². The maximum Gasteiger partial charge on any atom is 0.269 e. The van der Waals surface area contributed by atoms with E-state index < -0.39 is 5.91 Å². The number of amides is 2. The summed E-state index contributed by atoms with van der Waals surface area (Å²) < 4.78 is 2.09. The van der Waals surface area contributed by atoms with Crippen LogP contribution in [0.25, 0.3) is 11.4 Å². The van der Waals surface area contributed by atoms with Crippen LogP contribution in [-0.4, -0.2) is 58.9 Å². The van der Waals surface area contributed by atoms with Crippen LogP contribution >= 0.6 is 0 Å². The average molecular weight is 355 g/mol. The summed E-state index contributed by atoms with van der Waals surface area (Å²) in [6.07, 6.45) is 0.973. The number of carbonyl (C=O) groups is 2. The van der Waals surface area contributed by atoms with E-state index in [-0.39, 0.29) is 5.91 Å². The van der Waals surface area contributed by atoms with Crippen LogP contribution in [0.1, 0.15) is 38.5 Å². The normalized spacial score (nSPS) is 14.6. The summed E-state index contributed by atoms with van der Waals surface area (Å²) in [6.45, 7) is 4.29. The van der Waals surface area contributed by atoms with Gasteiger partial charge >= 0.3 is 0 Å². The zero-order valence-corrected chi connectivity index (χ0v) is 15.7. The molecule has 0 aliphatic carbocycles. The van der Waals surface area contributed by atoms with Crippen molar-refractivity contribution in [3.8, 4) is 11.4 Å². The van der Waals surface area contributed by atoms with Crippen LogP contribution in [-0.2, 0) is 13.1 Å². The van der Waals surface area contributed by atoms with Crippen molar-refractivity contribution in [1.82, 2.24) is 19.4 Å². The van der Waals surface area contributed by atoms with Crippen molar-refractivity contribution in [2.75, 3.05) is 27.7 Å². The Kier molecular flexibility index (Phi) is 4.82. The number of rotatable bonds is 3. The van der Waals surface area contributed by atoms with E-state index in [0.29, 0.717) is 17.8 Å². The van der Waals surface area contributed by atoms with E-state index in [1.807, 2.05) is 32.2 Å². The summed E-state index contributed by atoms with van der Waals surface area (Å²) in [7, 11) is 5.50. The highest BCUT2D eigenvalue weighted by atomic mass is 16.2. The fourth-order valence-electron chi connectivity index (χ4n) is 3.42. The molecule has 0 fully saturated rings. The molecule has 0 bridgehead atoms. The van der Waals surface area contributed by atoms with Gasteiger partial charge in [-0.05, 0) is 44.6 Å². The molecule has 0 radical (unpaired) electrons. The lowest BCUT2D eigenvalue weighted by Gasteiger charge is -2.14. The van der Waals surface area contributed by atoms with Gasteiger partial charge in [0.05, 0.1) is 5.69 Å². The summed E-state index contributed by atoms with van der Waals surface area (Å²) in [5.74, 6) is 0.193. The Morgan fingerprint density at radius 2 is 1.96 bits per heavy atom. The number of nitrogens with two attached hydrogens (primary N) is 1. The van der Waals surface area contributed by atoms with Crippen molar-refractivity contribution >= 4 is 11.8 Å². The Morgan fingerprint density at radius 1 is 1.23 bits per heavy atom. The van der Waals surface area contributed by atoms with Gasteiger partial charge in [-0.15, -0.1) is 0 Å². The molecule has 3 rings (SSSR count). The standard InChI is InChI=1S/C19H25N5O2/c1-12-10-13(6-7-14(12)19(26)22(2)3)18-21-16(17(20)25)15-11-23(4)8-5-9-24(15)18/h6-7,10H,5,8-9,11H2,1-4H3,(H2,20,25). The number of imidazole rings is 1. The van der Waals surface area contributed by atoms with E-state index in [1.54, 1.807) is 19.0 Å². The van der Waals surface area contributed by atoms with Crippen LogP contribution in [0.2, 0.25) is 0 Å². The second-order valence-corrected chi connectivity index (χ2v) is 7.07. The SMILES string of the molecule is Cc1cc(-c2nc(C(N)=O)c3n2CCCN(C)C3)ccc1C(=O)N(C)C. The Hall–Kier alpha value is -2.67. The Morgan fingerprint density at radius 3 is 2.58 bits per heavy atom. The maximum atomic E-state index is 12.3. The van der Waals surface area contributed by atoms with Gasteiger partial charge in [-0.2, -0.15) is 0 Å². The molecule has 2 heterocycles. The second kappa shape index (κ2) is 6.92. The predicted octanol–water partition coefficient (Wildman–Crippen LogP) is 1.49. The first kappa shape index (κ1) is 18.1. The van der Waals surface area contributed by atoms with Crippen molar-refractivity contribution in [2.45, 2.75) is 26.4 Å². The topological polar surface area (TPSA) is 84.5 Å². The summed E-state index contributed by atoms with van der Waals surface area (Å²) in [5.41, 5.74) is 9.19. The highest BCUT2D eigenvalue weighted by molar-refractivity contribution is 5.96. The van der Waals surface area contributed by atoms with Crippen molar-refractivity contribution in [3.63, 3.8) is 0 Å². The molecular weight excluding hydrogens is 330 g/mol. The molecule has 1 aromatic heterocycles. The zero-order valence-electron chi connectivity index (χ0n) is 15.7. The molecule has 1 aromatic carbocycles. The van der Waals surface area contributed by atoms with E-state index >= 15 is 0 Å². The van der Waals surface area contributed by atoms with Gasteiger partial charge in [0.2, 0.25) is 0 Å². The molecular formula is C19H25N5O2. The molecule has 0 saturated carbocycles. The number of hydrogen-bond acceptors (Lipinski definition) is 4. The number of carbonyl (C=O) groups excluding carboxylic acids is 2. The van der Waals surface area contributed by atoms with Crippen molar-refractivity contribution in [1.29, 1.82) is 0 Å². The van der Waals surface area contributed by atoms with Gasteiger partial charge in [0, 0.05) is 38.3 Å². The quantitative estimate of drug-likeness (QED) is 0.904. The first-order chi connectivity index (χ1) is 12.3. The van der Waals surface area contributed by atoms with Gasteiger partial charge in [-0.3, -0.25) is 9.59 Å². The van der Waals surface area contributed by atoms with Gasteiger partial charge in [0.15, 0.2) is 5.69 Å². The number of benzene rings is 1. The molecule has 0 spiro atoms. The maximum absolute atomic E-state index is 12.3. The molecule has 7 nitrogen and oxygen atoms in total. The van der Waals surface area contributed by atoms with Gasteiger partial charge in [0.1, 0.15) is 5.82 Å². The minimum atomic E-state index is -0.508. The first-order valence-corrected chi connectivity index (χ1v) is 8.70. The minimum absolute atomic E-state index is 0.0320. The number of nitrogens with zero attached hydrogens (tertiary/aromatic N) is 4. The molecule has 1 aliphatic heterocycles. The lowest BCUT2D eigenvalue weighted by molar-refractivity contribution is 0.0826. The highest BCUT2D eigenvalue weighted by Crippen LogP contribution is 2.27. The van der Waals surface area contributed by atoms with E-state index in [1.165, 1.54) is 0 Å². The van der Waals surface area contributed by atoms with Crippen molar-refractivity contribution in [2.24, 2.45) is 5.73 Å². The van der Waals surface area contributed by atoms with Crippen molar-refractivity contribution in [3.05, 3.63) is 40.7 Å². The monoisotopic (exact) mass is 355 g/mol.